The first kappa shape index (κ1) is 14.1. The van der Waals surface area contributed by atoms with Crippen molar-refractivity contribution in [1.82, 2.24) is 10.3 Å². The summed E-state index contributed by atoms with van der Waals surface area (Å²) in [6.45, 7) is 1.94. The molecule has 0 aliphatic heterocycles. The maximum absolute atomic E-state index is 13.0. The fourth-order valence-corrected chi connectivity index (χ4v) is 1.90. The molecule has 1 amide bonds. The molecule has 0 spiro atoms. The van der Waals surface area contributed by atoms with Crippen LogP contribution in [0.5, 0.6) is 0 Å². The minimum Gasteiger partial charge on any atom is -0.387 e. The fraction of sp³-hybridized carbons (Fsp3) is 0.200. The molecule has 4 nitrogen and oxygen atoms in total. The number of hydrogen-bond acceptors (Lipinski definition) is 3. The minimum absolute atomic E-state index is 0.0558. The van der Waals surface area contributed by atoms with Crippen molar-refractivity contribution < 1.29 is 14.3 Å². The number of aliphatic hydroxyl groups excluding tert-OH is 1. The van der Waals surface area contributed by atoms with Gasteiger partial charge in [-0.05, 0) is 24.1 Å². The van der Waals surface area contributed by atoms with E-state index in [1.807, 2.05) is 25.1 Å². The van der Waals surface area contributed by atoms with E-state index in [0.29, 0.717) is 0 Å². The second kappa shape index (κ2) is 6.25. The van der Waals surface area contributed by atoms with E-state index in [1.165, 1.54) is 6.20 Å². The Morgan fingerprint density at radius 1 is 1.40 bits per heavy atom. The molecule has 0 radical (unpaired) electrons. The quantitative estimate of drug-likeness (QED) is 0.896. The maximum atomic E-state index is 13.0. The van der Waals surface area contributed by atoms with Crippen LogP contribution in [0.3, 0.4) is 0 Å². The number of hydrogen-bond donors (Lipinski definition) is 2. The molecular weight excluding hydrogens is 259 g/mol. The highest BCUT2D eigenvalue weighted by Gasteiger charge is 2.13. The number of amides is 1. The standard InChI is InChI=1S/C15H15FN2O2/c1-10-4-2-3-5-13(10)14(19)9-18-15(20)11-6-12(16)8-17-7-11/h2-8,14,19H,9H2,1H3,(H,18,20). The normalized spacial score (nSPS) is 11.9. The van der Waals surface area contributed by atoms with E-state index in [1.54, 1.807) is 6.07 Å². The molecule has 5 heteroatoms. The van der Waals surface area contributed by atoms with Crippen LogP contribution in [0.25, 0.3) is 0 Å². The summed E-state index contributed by atoms with van der Waals surface area (Å²) in [7, 11) is 0. The highest BCUT2D eigenvalue weighted by atomic mass is 19.1. The molecule has 2 aromatic rings. The van der Waals surface area contributed by atoms with E-state index in [-0.39, 0.29) is 12.1 Å². The van der Waals surface area contributed by atoms with Crippen molar-refractivity contribution in [3.05, 3.63) is 65.2 Å². The third-order valence-corrected chi connectivity index (χ3v) is 2.97. The summed E-state index contributed by atoms with van der Waals surface area (Å²) in [5.74, 6) is -1.04. The van der Waals surface area contributed by atoms with Crippen LogP contribution in [0.4, 0.5) is 4.39 Å². The van der Waals surface area contributed by atoms with Crippen LogP contribution in [0, 0.1) is 12.7 Å². The maximum Gasteiger partial charge on any atom is 0.253 e. The molecule has 0 saturated heterocycles. The molecule has 1 heterocycles. The Morgan fingerprint density at radius 2 is 2.15 bits per heavy atom. The summed E-state index contributed by atoms with van der Waals surface area (Å²) >= 11 is 0. The van der Waals surface area contributed by atoms with E-state index < -0.39 is 17.8 Å². The number of rotatable bonds is 4. The molecule has 104 valence electrons. The molecular formula is C15H15FN2O2. The zero-order chi connectivity index (χ0) is 14.5. The van der Waals surface area contributed by atoms with Crippen LogP contribution in [0.1, 0.15) is 27.6 Å². The van der Waals surface area contributed by atoms with Crippen LogP contribution in [-0.2, 0) is 0 Å². The number of aryl methyl sites for hydroxylation is 1. The van der Waals surface area contributed by atoms with Crippen molar-refractivity contribution in [3.63, 3.8) is 0 Å². The SMILES string of the molecule is Cc1ccccc1C(O)CNC(=O)c1cncc(F)c1. The lowest BCUT2D eigenvalue weighted by Crippen LogP contribution is -2.28. The van der Waals surface area contributed by atoms with E-state index in [0.717, 1.165) is 23.4 Å². The largest absolute Gasteiger partial charge is 0.387 e. The van der Waals surface area contributed by atoms with E-state index in [4.69, 9.17) is 0 Å². The van der Waals surface area contributed by atoms with Gasteiger partial charge in [-0.25, -0.2) is 4.39 Å². The van der Waals surface area contributed by atoms with Gasteiger partial charge in [-0.15, -0.1) is 0 Å². The molecule has 1 aromatic carbocycles. The molecule has 2 N–H and O–H groups in total. The molecule has 0 saturated carbocycles. The Kier molecular flexibility index (Phi) is 4.42. The molecule has 0 bridgehead atoms. The first-order chi connectivity index (χ1) is 9.58. The van der Waals surface area contributed by atoms with Crippen LogP contribution in [-0.4, -0.2) is 22.5 Å². The lowest BCUT2D eigenvalue weighted by Gasteiger charge is -2.14. The molecule has 0 aliphatic rings. The molecule has 1 atom stereocenters. The van der Waals surface area contributed by atoms with Gasteiger partial charge in [-0.3, -0.25) is 9.78 Å². The summed E-state index contributed by atoms with van der Waals surface area (Å²) in [4.78, 5) is 15.4. The zero-order valence-corrected chi connectivity index (χ0v) is 11.0. The monoisotopic (exact) mass is 274 g/mol. The first-order valence-corrected chi connectivity index (χ1v) is 6.20. The Morgan fingerprint density at radius 3 is 2.85 bits per heavy atom. The number of halogens is 1. The number of carbonyl (C=O) groups is 1. The topological polar surface area (TPSA) is 62.2 Å². The summed E-state index contributed by atoms with van der Waals surface area (Å²) in [5, 5.41) is 12.6. The van der Waals surface area contributed by atoms with Crippen molar-refractivity contribution >= 4 is 5.91 Å². The van der Waals surface area contributed by atoms with Crippen molar-refractivity contribution in [2.45, 2.75) is 13.0 Å². The van der Waals surface area contributed by atoms with Crippen molar-refractivity contribution in [2.75, 3.05) is 6.54 Å². The fourth-order valence-electron chi connectivity index (χ4n) is 1.90. The van der Waals surface area contributed by atoms with E-state index >= 15 is 0 Å². The van der Waals surface area contributed by atoms with Gasteiger partial charge in [0.15, 0.2) is 0 Å². The molecule has 0 fully saturated rings. The lowest BCUT2D eigenvalue weighted by molar-refractivity contribution is 0.0915. The van der Waals surface area contributed by atoms with Crippen LogP contribution in [0.2, 0.25) is 0 Å². The third-order valence-electron chi connectivity index (χ3n) is 2.97. The van der Waals surface area contributed by atoms with Gasteiger partial charge in [-0.1, -0.05) is 24.3 Å². The second-order valence-electron chi connectivity index (χ2n) is 4.47. The van der Waals surface area contributed by atoms with Gasteiger partial charge in [-0.2, -0.15) is 0 Å². The number of aromatic nitrogens is 1. The highest BCUT2D eigenvalue weighted by molar-refractivity contribution is 5.93. The van der Waals surface area contributed by atoms with Gasteiger partial charge in [0, 0.05) is 12.7 Å². The number of pyridine rings is 1. The Bertz CT molecular complexity index is 616. The van der Waals surface area contributed by atoms with Crippen LogP contribution < -0.4 is 5.32 Å². The van der Waals surface area contributed by atoms with Gasteiger partial charge in [0.2, 0.25) is 0 Å². The van der Waals surface area contributed by atoms with Crippen molar-refractivity contribution in [1.29, 1.82) is 0 Å². The molecule has 0 aliphatic carbocycles. The number of nitrogens with zero attached hydrogens (tertiary/aromatic N) is 1. The van der Waals surface area contributed by atoms with Crippen molar-refractivity contribution in [3.8, 4) is 0 Å². The van der Waals surface area contributed by atoms with Gasteiger partial charge in [0.05, 0.1) is 17.9 Å². The number of benzene rings is 1. The number of carbonyl (C=O) groups excluding carboxylic acids is 1. The van der Waals surface area contributed by atoms with Crippen LogP contribution >= 0.6 is 0 Å². The lowest BCUT2D eigenvalue weighted by atomic mass is 10.0. The summed E-state index contributed by atoms with van der Waals surface area (Å²) in [5.41, 5.74) is 1.83. The second-order valence-corrected chi connectivity index (χ2v) is 4.47. The first-order valence-electron chi connectivity index (χ1n) is 6.20. The number of aliphatic hydroxyl groups is 1. The van der Waals surface area contributed by atoms with E-state index in [9.17, 15) is 14.3 Å². The van der Waals surface area contributed by atoms with Gasteiger partial charge >= 0.3 is 0 Å². The smallest absolute Gasteiger partial charge is 0.253 e. The predicted molar refractivity (Wildman–Crippen MR) is 72.7 cm³/mol. The average Bonchev–Trinajstić information content (AvgIpc) is 2.45. The summed E-state index contributed by atoms with van der Waals surface area (Å²) in [6.07, 6.45) is 1.50. The Balaban J connectivity index is 1.99. The summed E-state index contributed by atoms with van der Waals surface area (Å²) < 4.78 is 13.0. The van der Waals surface area contributed by atoms with Crippen molar-refractivity contribution in [2.24, 2.45) is 0 Å². The van der Waals surface area contributed by atoms with Crippen LogP contribution in [0.15, 0.2) is 42.7 Å². The molecule has 1 unspecified atom stereocenters. The predicted octanol–water partition coefficient (Wildman–Crippen LogP) is 1.99. The molecule has 2 rings (SSSR count). The minimum atomic E-state index is -0.804. The third kappa shape index (κ3) is 3.39. The van der Waals surface area contributed by atoms with Gasteiger partial charge in [0.1, 0.15) is 5.82 Å². The zero-order valence-electron chi connectivity index (χ0n) is 11.0. The van der Waals surface area contributed by atoms with E-state index in [2.05, 4.69) is 10.3 Å². The van der Waals surface area contributed by atoms with Gasteiger partial charge < -0.3 is 10.4 Å². The highest BCUT2D eigenvalue weighted by Crippen LogP contribution is 2.16. The molecule has 1 aromatic heterocycles. The number of nitrogens with one attached hydrogen (secondary N) is 1. The average molecular weight is 274 g/mol. The summed E-state index contributed by atoms with van der Waals surface area (Å²) in [6, 6.07) is 8.49. The van der Waals surface area contributed by atoms with Gasteiger partial charge in [0.25, 0.3) is 5.91 Å². The Labute approximate surface area is 116 Å². The Hall–Kier alpha value is -2.27. The molecule has 20 heavy (non-hydrogen) atoms.